The minimum absolute atomic E-state index is 0.106. The molecule has 34 heavy (non-hydrogen) atoms. The van der Waals surface area contributed by atoms with Crippen molar-refractivity contribution < 1.29 is 28.8 Å². The van der Waals surface area contributed by atoms with Crippen LogP contribution in [0.2, 0.25) is 0 Å². The average molecular weight is 526 g/mol. The topological polar surface area (TPSA) is 147 Å². The number of anilines is 1. The minimum atomic E-state index is -1.21. The van der Waals surface area contributed by atoms with Gasteiger partial charge in [-0.15, -0.1) is 23.1 Å². The molecule has 1 aromatic rings. The number of nitrogens with zero attached hydrogens (tertiary/aromatic N) is 4. The molecule has 2 amide bonds. The van der Waals surface area contributed by atoms with E-state index in [1.807, 2.05) is 0 Å². The van der Waals surface area contributed by atoms with E-state index in [0.717, 1.165) is 41.8 Å². The first-order chi connectivity index (χ1) is 16.1. The Morgan fingerprint density at radius 3 is 2.74 bits per heavy atom. The second-order valence-corrected chi connectivity index (χ2v) is 11.0. The third-order valence-corrected chi connectivity index (χ3v) is 8.52. The molecule has 4 N–H and O–H groups in total. The van der Waals surface area contributed by atoms with Crippen LogP contribution >= 0.6 is 35.3 Å². The number of carboxylic acid groups (broad SMARTS) is 1. The monoisotopic (exact) mass is 525 g/mol. The molecule has 0 saturated carbocycles. The number of hydrogen-bond acceptors (Lipinski definition) is 10. The number of amides is 2. The molecule has 182 valence electrons. The molecule has 2 atom stereocenters. The first-order valence-corrected chi connectivity index (χ1v) is 12.9. The number of aromatic nitrogens is 1. The lowest BCUT2D eigenvalue weighted by atomic mass is 9.94. The summed E-state index contributed by atoms with van der Waals surface area (Å²) < 4.78 is 0.772. The number of thiazole rings is 1. The van der Waals surface area contributed by atoms with E-state index < -0.39 is 29.9 Å². The summed E-state index contributed by atoms with van der Waals surface area (Å²) in [6, 6.07) is -1.41. The zero-order valence-electron chi connectivity index (χ0n) is 18.6. The molecule has 4 heterocycles. The first-order valence-electron chi connectivity index (χ1n) is 10.6. The molecule has 2 unspecified atom stereocenters. The lowest BCUT2D eigenvalue weighted by molar-refractivity contribution is -0.888. The van der Waals surface area contributed by atoms with E-state index in [4.69, 9.17) is 22.8 Å². The normalized spacial score (nSPS) is 23.9. The number of β-lactam (4-membered cyclic amide) rings is 1. The third kappa shape index (κ3) is 4.54. The quantitative estimate of drug-likeness (QED) is 0.144. The molecule has 3 aliphatic heterocycles. The fourth-order valence-electron chi connectivity index (χ4n) is 4.49. The maximum absolute atomic E-state index is 13.0. The molecule has 2 fully saturated rings. The number of nitrogen functional groups attached to an aromatic ring is 1. The number of oxime groups is 1. The van der Waals surface area contributed by atoms with Crippen LogP contribution in [0.3, 0.4) is 0 Å². The number of thiocarbonyl (C=S) groups is 1. The van der Waals surface area contributed by atoms with Gasteiger partial charge in [-0.3, -0.25) is 14.5 Å². The maximum Gasteiger partial charge on any atom is 0.353 e. The van der Waals surface area contributed by atoms with Gasteiger partial charge in [0, 0.05) is 24.0 Å². The molecule has 14 heteroatoms. The predicted molar refractivity (Wildman–Crippen MR) is 132 cm³/mol. The number of rotatable bonds is 8. The van der Waals surface area contributed by atoms with Crippen molar-refractivity contribution in [1.29, 1.82) is 0 Å². The molecule has 0 spiro atoms. The summed E-state index contributed by atoms with van der Waals surface area (Å²) in [6.45, 7) is 2.56. The molecule has 11 nitrogen and oxygen atoms in total. The van der Waals surface area contributed by atoms with Crippen LogP contribution in [0.25, 0.3) is 0 Å². The highest BCUT2D eigenvalue weighted by Crippen LogP contribution is 2.40. The van der Waals surface area contributed by atoms with Gasteiger partial charge in [-0.2, -0.15) is 0 Å². The van der Waals surface area contributed by atoms with E-state index >= 15 is 0 Å². The van der Waals surface area contributed by atoms with Crippen molar-refractivity contribution in [2.75, 3.05) is 45.3 Å². The Morgan fingerprint density at radius 1 is 1.44 bits per heavy atom. The number of nitrogens with one attached hydrogen (secondary N) is 1. The maximum atomic E-state index is 13.0. The van der Waals surface area contributed by atoms with Crippen LogP contribution in [0.4, 0.5) is 5.13 Å². The number of nitrogens with two attached hydrogens (primary N) is 1. The summed E-state index contributed by atoms with van der Waals surface area (Å²) in [5.74, 6) is -1.97. The van der Waals surface area contributed by atoms with Gasteiger partial charge in [-0.25, -0.2) is 9.78 Å². The molecular weight excluding hydrogens is 500 g/mol. The summed E-state index contributed by atoms with van der Waals surface area (Å²) in [5.41, 5.74) is 5.64. The van der Waals surface area contributed by atoms with Crippen LogP contribution in [0, 0.1) is 0 Å². The van der Waals surface area contributed by atoms with Gasteiger partial charge in [0.15, 0.2) is 10.8 Å². The standard InChI is InChI=1S/C20H24N6O5S3/c1-26(5-3-4-6-26)7-12(32)16-15(19(29)30)25-11(9-33-16)14(18(25)28)23-17(27)13(24-31-2)10-8-34-20(21)22-10/h8,11,14H,3-7,9H2,1-2H3,(H3-,21,22,23,27,29,30)/p+1. The lowest BCUT2D eigenvalue weighted by Crippen LogP contribution is -2.73. The third-order valence-electron chi connectivity index (χ3n) is 6.15. The Labute approximate surface area is 209 Å². The molecule has 0 aromatic carbocycles. The van der Waals surface area contributed by atoms with Crippen LogP contribution in [-0.2, 0) is 19.2 Å². The van der Waals surface area contributed by atoms with Crippen molar-refractivity contribution in [3.63, 3.8) is 0 Å². The molecule has 0 radical (unpaired) electrons. The van der Waals surface area contributed by atoms with Crippen LogP contribution in [0.1, 0.15) is 18.5 Å². The molecular formula is C20H25N6O5S3+. The van der Waals surface area contributed by atoms with E-state index in [1.165, 1.54) is 23.8 Å². The van der Waals surface area contributed by atoms with Crippen molar-refractivity contribution in [3.8, 4) is 0 Å². The number of carboxylic acids is 1. The number of hydrogen-bond donors (Lipinski definition) is 3. The second kappa shape index (κ2) is 9.60. The van der Waals surface area contributed by atoms with Gasteiger partial charge < -0.3 is 25.5 Å². The van der Waals surface area contributed by atoms with Gasteiger partial charge in [0.25, 0.3) is 11.8 Å². The second-order valence-electron chi connectivity index (χ2n) is 8.57. The zero-order valence-corrected chi connectivity index (χ0v) is 21.1. The molecule has 4 rings (SSSR count). The predicted octanol–water partition coefficient (Wildman–Crippen LogP) is 0.425. The van der Waals surface area contributed by atoms with E-state index in [0.29, 0.717) is 22.1 Å². The fourth-order valence-corrected chi connectivity index (χ4v) is 6.85. The number of carbonyl (C=O) groups excluding carboxylic acids is 2. The van der Waals surface area contributed by atoms with Gasteiger partial charge in [-0.1, -0.05) is 17.4 Å². The Morgan fingerprint density at radius 2 is 2.15 bits per heavy atom. The number of carbonyl (C=O) groups is 3. The van der Waals surface area contributed by atoms with Crippen molar-refractivity contribution >= 4 is 68.8 Å². The van der Waals surface area contributed by atoms with Crippen LogP contribution in [0.15, 0.2) is 21.1 Å². The lowest BCUT2D eigenvalue weighted by Gasteiger charge is -2.49. The summed E-state index contributed by atoms with van der Waals surface area (Å²) in [4.78, 5) is 49.1. The average Bonchev–Trinajstić information content (AvgIpc) is 3.42. The van der Waals surface area contributed by atoms with Crippen LogP contribution < -0.4 is 11.1 Å². The van der Waals surface area contributed by atoms with E-state index in [2.05, 4.69) is 22.5 Å². The van der Waals surface area contributed by atoms with E-state index in [1.54, 1.807) is 5.38 Å². The fraction of sp³-hybridized carbons (Fsp3) is 0.500. The van der Waals surface area contributed by atoms with Crippen molar-refractivity contribution in [1.82, 2.24) is 15.2 Å². The molecule has 1 aromatic heterocycles. The Kier molecular flexibility index (Phi) is 6.94. The summed E-state index contributed by atoms with van der Waals surface area (Å²) >= 11 is 8.10. The van der Waals surface area contributed by atoms with Crippen molar-refractivity contribution in [2.45, 2.75) is 24.9 Å². The Balaban J connectivity index is 1.52. The van der Waals surface area contributed by atoms with Gasteiger partial charge in [0.2, 0.25) is 0 Å². The number of likely N-dealkylation sites (tertiary alicyclic amines) is 1. The molecule has 2 saturated heterocycles. The Hall–Kier alpha value is -2.55. The summed E-state index contributed by atoms with van der Waals surface area (Å²) in [5, 5.41) is 18.1. The van der Waals surface area contributed by atoms with Gasteiger partial charge in [0.1, 0.15) is 31.1 Å². The van der Waals surface area contributed by atoms with Gasteiger partial charge in [-0.05, 0) is 0 Å². The van der Waals surface area contributed by atoms with Crippen molar-refractivity contribution in [2.24, 2.45) is 5.16 Å². The Bertz CT molecular complexity index is 1110. The highest BCUT2D eigenvalue weighted by molar-refractivity contribution is 8.05. The van der Waals surface area contributed by atoms with Crippen LogP contribution in [-0.4, -0.2) is 99.5 Å². The van der Waals surface area contributed by atoms with E-state index in [9.17, 15) is 19.5 Å². The molecule has 0 aliphatic carbocycles. The zero-order chi connectivity index (χ0) is 24.6. The van der Waals surface area contributed by atoms with E-state index in [-0.39, 0.29) is 22.2 Å². The van der Waals surface area contributed by atoms with Crippen LogP contribution in [0.5, 0.6) is 0 Å². The highest BCUT2D eigenvalue weighted by Gasteiger charge is 2.54. The smallest absolute Gasteiger partial charge is 0.353 e. The SMILES string of the molecule is CON=C(C(=O)NC1C(=O)N2C(C(=O)O)=C(C(=S)C[N+]3(C)CCCC3)SCC12)c1csc(N)n1. The summed E-state index contributed by atoms with van der Waals surface area (Å²) in [7, 11) is 3.40. The number of aliphatic carboxylic acids is 1. The summed E-state index contributed by atoms with van der Waals surface area (Å²) in [6.07, 6.45) is 2.24. The van der Waals surface area contributed by atoms with Crippen molar-refractivity contribution in [3.05, 3.63) is 21.7 Å². The largest absolute Gasteiger partial charge is 0.477 e. The van der Waals surface area contributed by atoms with Gasteiger partial charge in [0.05, 0.1) is 35.9 Å². The minimum Gasteiger partial charge on any atom is -0.477 e. The first kappa shape index (κ1) is 24.6. The number of thioether (sulfide) groups is 1. The number of fused-ring (bicyclic) bond motifs is 1. The van der Waals surface area contributed by atoms with Gasteiger partial charge >= 0.3 is 5.97 Å². The molecule has 3 aliphatic rings. The highest BCUT2D eigenvalue weighted by atomic mass is 32.2. The molecule has 0 bridgehead atoms. The number of quaternary nitrogens is 1.